The Balaban J connectivity index is 2.79. The molecule has 0 spiro atoms. The minimum atomic E-state index is 0.247. The van der Waals surface area contributed by atoms with Crippen molar-refractivity contribution in [1.29, 1.82) is 0 Å². The summed E-state index contributed by atoms with van der Waals surface area (Å²) in [5.41, 5.74) is 8.67. The number of aromatic nitrogens is 1. The smallest absolute Gasteiger partial charge is 0.0684 e. The van der Waals surface area contributed by atoms with Crippen molar-refractivity contribution in [3.8, 4) is 0 Å². The van der Waals surface area contributed by atoms with Crippen molar-refractivity contribution in [1.82, 2.24) is 4.98 Å². The SMILES string of the molecule is [N-]=[N+]=NCc1cc(Cl)ccn1. The van der Waals surface area contributed by atoms with E-state index in [1.807, 2.05) is 0 Å². The molecule has 5 heteroatoms. The fourth-order valence-electron chi connectivity index (χ4n) is 0.639. The first-order valence-corrected chi connectivity index (χ1v) is 3.32. The third-order valence-electron chi connectivity index (χ3n) is 1.07. The van der Waals surface area contributed by atoms with E-state index in [0.717, 1.165) is 0 Å². The second kappa shape index (κ2) is 3.81. The molecule has 1 aromatic heterocycles. The summed E-state index contributed by atoms with van der Waals surface area (Å²) in [7, 11) is 0. The first-order valence-electron chi connectivity index (χ1n) is 2.94. The van der Waals surface area contributed by atoms with Gasteiger partial charge in [0.05, 0.1) is 6.54 Å². The highest BCUT2D eigenvalue weighted by molar-refractivity contribution is 6.30. The molecule has 56 valence electrons. The third-order valence-corrected chi connectivity index (χ3v) is 1.31. The Morgan fingerprint density at radius 2 is 2.55 bits per heavy atom. The van der Waals surface area contributed by atoms with Gasteiger partial charge in [-0.05, 0) is 17.7 Å². The standard InChI is InChI=1S/C6H5ClN4/c7-5-1-2-9-6(3-5)4-10-11-8/h1-3H,4H2. The molecule has 0 radical (unpaired) electrons. The van der Waals surface area contributed by atoms with Crippen molar-refractivity contribution in [3.05, 3.63) is 39.5 Å². The Morgan fingerprint density at radius 3 is 3.18 bits per heavy atom. The maximum atomic E-state index is 7.99. The Labute approximate surface area is 68.5 Å². The molecule has 0 aliphatic rings. The van der Waals surface area contributed by atoms with E-state index in [4.69, 9.17) is 17.1 Å². The Hall–Kier alpha value is -1.25. The molecule has 0 atom stereocenters. The van der Waals surface area contributed by atoms with Crippen LogP contribution in [-0.4, -0.2) is 4.98 Å². The van der Waals surface area contributed by atoms with Crippen LogP contribution in [0.4, 0.5) is 0 Å². The van der Waals surface area contributed by atoms with E-state index in [9.17, 15) is 0 Å². The molecule has 4 nitrogen and oxygen atoms in total. The lowest BCUT2D eigenvalue weighted by molar-refractivity contribution is 0.976. The predicted molar refractivity (Wildman–Crippen MR) is 42.1 cm³/mol. The van der Waals surface area contributed by atoms with Crippen LogP contribution < -0.4 is 0 Å². The maximum Gasteiger partial charge on any atom is 0.0684 e. The van der Waals surface area contributed by atoms with Crippen molar-refractivity contribution in [2.75, 3.05) is 0 Å². The lowest BCUT2D eigenvalue weighted by Gasteiger charge is -1.93. The molecule has 0 fully saturated rings. The van der Waals surface area contributed by atoms with E-state index in [2.05, 4.69) is 15.0 Å². The third kappa shape index (κ3) is 2.45. The lowest BCUT2D eigenvalue weighted by atomic mass is 10.3. The fourth-order valence-corrected chi connectivity index (χ4v) is 0.822. The summed E-state index contributed by atoms with van der Waals surface area (Å²) in [4.78, 5) is 6.53. The molecule has 0 aliphatic carbocycles. The Morgan fingerprint density at radius 1 is 1.73 bits per heavy atom. The highest BCUT2D eigenvalue weighted by Gasteiger charge is 1.91. The molecular weight excluding hydrogens is 164 g/mol. The molecule has 0 saturated carbocycles. The Bertz CT molecular complexity index is 292. The highest BCUT2D eigenvalue weighted by Crippen LogP contribution is 2.08. The summed E-state index contributed by atoms with van der Waals surface area (Å²) in [5, 5.41) is 3.94. The van der Waals surface area contributed by atoms with Crippen LogP contribution in [0.5, 0.6) is 0 Å². The van der Waals surface area contributed by atoms with Gasteiger partial charge in [-0.3, -0.25) is 4.98 Å². The molecule has 0 amide bonds. The molecule has 1 heterocycles. The topological polar surface area (TPSA) is 61.7 Å². The summed E-state index contributed by atoms with van der Waals surface area (Å²) in [6.45, 7) is 0.247. The van der Waals surface area contributed by atoms with Crippen LogP contribution in [0.15, 0.2) is 23.4 Å². The number of halogens is 1. The molecule has 0 aliphatic heterocycles. The van der Waals surface area contributed by atoms with Crippen LogP contribution in [0.25, 0.3) is 10.4 Å². The van der Waals surface area contributed by atoms with E-state index in [1.165, 1.54) is 0 Å². The molecule has 1 rings (SSSR count). The molecule has 1 aromatic rings. The summed E-state index contributed by atoms with van der Waals surface area (Å²) in [5.74, 6) is 0. The van der Waals surface area contributed by atoms with Crippen molar-refractivity contribution in [3.63, 3.8) is 0 Å². The van der Waals surface area contributed by atoms with Crippen molar-refractivity contribution in [2.45, 2.75) is 6.54 Å². The fraction of sp³-hybridized carbons (Fsp3) is 0.167. The average molecular weight is 169 g/mol. The van der Waals surface area contributed by atoms with Gasteiger partial charge in [0.25, 0.3) is 0 Å². The number of hydrogen-bond acceptors (Lipinski definition) is 2. The van der Waals surface area contributed by atoms with Crippen molar-refractivity contribution < 1.29 is 0 Å². The van der Waals surface area contributed by atoms with E-state index in [1.54, 1.807) is 18.3 Å². The average Bonchev–Trinajstić information content (AvgIpc) is 2.01. The number of rotatable bonds is 2. The second-order valence-corrected chi connectivity index (χ2v) is 2.29. The van der Waals surface area contributed by atoms with Gasteiger partial charge >= 0.3 is 0 Å². The predicted octanol–water partition coefficient (Wildman–Crippen LogP) is 2.55. The van der Waals surface area contributed by atoms with Gasteiger partial charge in [0.1, 0.15) is 0 Å². The zero-order valence-electron chi connectivity index (χ0n) is 5.61. The largest absolute Gasteiger partial charge is 0.261 e. The van der Waals surface area contributed by atoms with Crippen molar-refractivity contribution in [2.24, 2.45) is 5.11 Å². The van der Waals surface area contributed by atoms with Crippen LogP contribution in [-0.2, 0) is 6.54 Å². The monoisotopic (exact) mass is 168 g/mol. The van der Waals surface area contributed by atoms with Crippen LogP contribution in [0.1, 0.15) is 5.69 Å². The highest BCUT2D eigenvalue weighted by atomic mass is 35.5. The molecule has 0 bridgehead atoms. The maximum absolute atomic E-state index is 7.99. The lowest BCUT2D eigenvalue weighted by Crippen LogP contribution is -1.84. The van der Waals surface area contributed by atoms with Gasteiger partial charge in [-0.25, -0.2) is 0 Å². The van der Waals surface area contributed by atoms with Crippen LogP contribution >= 0.6 is 11.6 Å². The van der Waals surface area contributed by atoms with E-state index in [-0.39, 0.29) is 6.54 Å². The summed E-state index contributed by atoms with van der Waals surface area (Å²) in [6, 6.07) is 3.33. The number of pyridine rings is 1. The summed E-state index contributed by atoms with van der Waals surface area (Å²) in [6.07, 6.45) is 1.57. The van der Waals surface area contributed by atoms with Crippen LogP contribution in [0, 0.1) is 0 Å². The van der Waals surface area contributed by atoms with E-state index in [0.29, 0.717) is 10.7 Å². The van der Waals surface area contributed by atoms with Crippen LogP contribution in [0.2, 0.25) is 5.02 Å². The molecule has 11 heavy (non-hydrogen) atoms. The van der Waals surface area contributed by atoms with Gasteiger partial charge in [-0.1, -0.05) is 16.7 Å². The van der Waals surface area contributed by atoms with Gasteiger partial charge in [-0.15, -0.1) is 0 Å². The molecular formula is C6H5ClN4. The normalized spacial score (nSPS) is 8.82. The van der Waals surface area contributed by atoms with Gasteiger partial charge in [-0.2, -0.15) is 0 Å². The minimum absolute atomic E-state index is 0.247. The second-order valence-electron chi connectivity index (χ2n) is 1.85. The number of nitrogens with zero attached hydrogens (tertiary/aromatic N) is 4. The molecule has 0 unspecified atom stereocenters. The van der Waals surface area contributed by atoms with Gasteiger partial charge in [0.2, 0.25) is 0 Å². The quantitative estimate of drug-likeness (QED) is 0.380. The summed E-state index contributed by atoms with van der Waals surface area (Å²) < 4.78 is 0. The van der Waals surface area contributed by atoms with Crippen LogP contribution in [0.3, 0.4) is 0 Å². The zero-order chi connectivity index (χ0) is 8.10. The molecule has 0 aromatic carbocycles. The number of hydrogen-bond donors (Lipinski definition) is 0. The first kappa shape index (κ1) is 7.85. The Kier molecular flexibility index (Phi) is 2.72. The van der Waals surface area contributed by atoms with E-state index < -0.39 is 0 Å². The van der Waals surface area contributed by atoms with Gasteiger partial charge < -0.3 is 0 Å². The van der Waals surface area contributed by atoms with Crippen molar-refractivity contribution >= 4 is 11.6 Å². The first-order chi connectivity index (χ1) is 5.33. The van der Waals surface area contributed by atoms with E-state index >= 15 is 0 Å². The number of azide groups is 1. The molecule has 0 N–H and O–H groups in total. The zero-order valence-corrected chi connectivity index (χ0v) is 6.36. The minimum Gasteiger partial charge on any atom is -0.261 e. The van der Waals surface area contributed by atoms with Gasteiger partial charge in [0.15, 0.2) is 0 Å². The molecule has 0 saturated heterocycles. The van der Waals surface area contributed by atoms with Gasteiger partial charge in [0, 0.05) is 21.8 Å². The summed E-state index contributed by atoms with van der Waals surface area (Å²) >= 11 is 5.65.